The van der Waals surface area contributed by atoms with Crippen molar-refractivity contribution in [2.24, 2.45) is 28.3 Å². The lowest BCUT2D eigenvalue weighted by Crippen LogP contribution is -2.51. The zero-order valence-corrected chi connectivity index (χ0v) is 17.6. The summed E-state index contributed by atoms with van der Waals surface area (Å²) < 4.78 is 5.07. The molecule has 0 aromatic heterocycles. The summed E-state index contributed by atoms with van der Waals surface area (Å²) in [7, 11) is 0. The lowest BCUT2D eigenvalue weighted by Gasteiger charge is -2.34. The molecule has 1 aromatic carbocycles. The first-order chi connectivity index (χ1) is 14.9. The Morgan fingerprint density at radius 1 is 1.23 bits per heavy atom. The monoisotopic (exact) mass is 444 g/mol. The Labute approximate surface area is 185 Å². The van der Waals surface area contributed by atoms with Crippen LogP contribution in [-0.4, -0.2) is 42.9 Å². The second-order valence-corrected chi connectivity index (χ2v) is 8.09. The Morgan fingerprint density at radius 2 is 1.94 bits per heavy atom. The molecule has 1 saturated heterocycles. The number of amides is 2. The fourth-order valence-corrected chi connectivity index (χ4v) is 3.69. The van der Waals surface area contributed by atoms with Crippen LogP contribution in [0, 0.1) is 23.2 Å². The number of primary amides is 1. The molecule has 1 aliphatic carbocycles. The van der Waals surface area contributed by atoms with Gasteiger partial charge in [0.05, 0.1) is 42.5 Å². The van der Waals surface area contributed by atoms with E-state index in [2.05, 4.69) is 21.7 Å². The molecule has 1 aliphatic heterocycles. The normalized spacial score (nSPS) is 24.6. The van der Waals surface area contributed by atoms with Crippen molar-refractivity contribution < 1.29 is 14.3 Å². The van der Waals surface area contributed by atoms with E-state index in [1.54, 1.807) is 24.3 Å². The van der Waals surface area contributed by atoms with Gasteiger partial charge >= 0.3 is 0 Å². The zero-order valence-electron chi connectivity index (χ0n) is 16.9. The fourth-order valence-electron chi connectivity index (χ4n) is 3.57. The Balaban J connectivity index is 1.64. The van der Waals surface area contributed by atoms with Crippen LogP contribution in [0.25, 0.3) is 0 Å². The first-order valence-corrected chi connectivity index (χ1v) is 10.4. The zero-order chi connectivity index (χ0) is 22.4. The van der Waals surface area contributed by atoms with E-state index in [0.717, 1.165) is 0 Å². The number of hydrogen-bond acceptors (Lipinski definition) is 6. The van der Waals surface area contributed by atoms with Gasteiger partial charge < -0.3 is 26.8 Å². The summed E-state index contributed by atoms with van der Waals surface area (Å²) >= 11 is 5.86. The molecule has 9 nitrogen and oxygen atoms in total. The average molecular weight is 445 g/mol. The predicted molar refractivity (Wildman–Crippen MR) is 116 cm³/mol. The number of halogens is 1. The van der Waals surface area contributed by atoms with E-state index in [0.29, 0.717) is 43.2 Å². The molecule has 2 fully saturated rings. The number of nitrogens with zero attached hydrogens (tertiary/aromatic N) is 2. The number of nitrogens with two attached hydrogens (primary N) is 2. The number of carbonyl (C=O) groups is 2. The summed E-state index contributed by atoms with van der Waals surface area (Å²) in [4.78, 5) is 28.5. The molecule has 0 bridgehead atoms. The van der Waals surface area contributed by atoms with E-state index >= 15 is 0 Å². The highest BCUT2D eigenvalue weighted by Crippen LogP contribution is 2.30. The number of ether oxygens (including phenoxy) is 1. The number of rotatable bonds is 7. The van der Waals surface area contributed by atoms with Crippen molar-refractivity contribution in [3.8, 4) is 6.07 Å². The molecule has 0 spiro atoms. The third kappa shape index (κ3) is 5.96. The fraction of sp³-hybridized carbons (Fsp3) is 0.429. The van der Waals surface area contributed by atoms with E-state index in [9.17, 15) is 14.9 Å². The Kier molecular flexibility index (Phi) is 7.50. The second-order valence-electron chi connectivity index (χ2n) is 7.66. The SMILES string of the molecule is N#C[C@H]1C[C@@H](C(=O)NC2COC2)CC[C@@H]1N/C=C(/C(N)=O)C(N)=Nc1ccc(Cl)cc1. The minimum absolute atomic E-state index is 0.0106. The summed E-state index contributed by atoms with van der Waals surface area (Å²) in [6.45, 7) is 1.06. The molecule has 1 heterocycles. The average Bonchev–Trinajstić information content (AvgIpc) is 2.72. The van der Waals surface area contributed by atoms with E-state index < -0.39 is 11.8 Å². The molecule has 3 atom stereocenters. The molecule has 6 N–H and O–H groups in total. The van der Waals surface area contributed by atoms with Crippen LogP contribution in [0.3, 0.4) is 0 Å². The lowest BCUT2D eigenvalue weighted by molar-refractivity contribution is -0.130. The van der Waals surface area contributed by atoms with Gasteiger partial charge in [0, 0.05) is 23.2 Å². The van der Waals surface area contributed by atoms with Crippen LogP contribution in [0.2, 0.25) is 5.02 Å². The van der Waals surface area contributed by atoms with E-state index in [1.165, 1.54) is 6.20 Å². The minimum atomic E-state index is -0.744. The molecule has 10 heteroatoms. The standard InChI is InChI=1S/C21H25ClN6O3/c22-14-2-4-15(5-3-14)27-19(24)17(20(25)29)9-26-18-6-1-12(7-13(18)8-23)21(30)28-16-10-31-11-16/h2-5,9,12-13,16,18,26H,1,6-7,10-11H2,(H2,24,27)(H2,25,29)(H,28,30)/b17-9+/t12-,13+,18-/m0/s1. The maximum absolute atomic E-state index is 12.4. The first kappa shape index (κ1) is 22.6. The second kappa shape index (κ2) is 10.3. The Morgan fingerprint density at radius 3 is 2.52 bits per heavy atom. The van der Waals surface area contributed by atoms with Crippen LogP contribution in [0.15, 0.2) is 41.0 Å². The molecule has 31 heavy (non-hydrogen) atoms. The van der Waals surface area contributed by atoms with Crippen molar-refractivity contribution in [3.05, 3.63) is 41.1 Å². The summed E-state index contributed by atoms with van der Waals surface area (Å²) in [6.07, 6.45) is 3.05. The van der Waals surface area contributed by atoms with Gasteiger partial charge in [-0.05, 0) is 43.5 Å². The van der Waals surface area contributed by atoms with Crippen LogP contribution in [0.1, 0.15) is 19.3 Å². The van der Waals surface area contributed by atoms with E-state index in [4.69, 9.17) is 27.8 Å². The molecule has 0 radical (unpaired) electrons. The summed E-state index contributed by atoms with van der Waals surface area (Å²) in [5.41, 5.74) is 12.0. The van der Waals surface area contributed by atoms with Gasteiger partial charge in [-0.15, -0.1) is 0 Å². The third-order valence-corrected chi connectivity index (χ3v) is 5.68. The highest BCUT2D eigenvalue weighted by atomic mass is 35.5. The van der Waals surface area contributed by atoms with Crippen molar-refractivity contribution in [1.82, 2.24) is 10.6 Å². The molecule has 1 saturated carbocycles. The Hall–Kier alpha value is -3.09. The number of carbonyl (C=O) groups excluding carboxylic acids is 2. The molecular weight excluding hydrogens is 420 g/mol. The van der Waals surface area contributed by atoms with Crippen molar-refractivity contribution in [2.75, 3.05) is 13.2 Å². The van der Waals surface area contributed by atoms with Crippen molar-refractivity contribution in [3.63, 3.8) is 0 Å². The number of nitriles is 1. The number of nitrogens with one attached hydrogen (secondary N) is 2. The van der Waals surface area contributed by atoms with Crippen LogP contribution in [-0.2, 0) is 14.3 Å². The van der Waals surface area contributed by atoms with Gasteiger partial charge in [0.2, 0.25) is 5.91 Å². The Bertz CT molecular complexity index is 920. The van der Waals surface area contributed by atoms with Crippen LogP contribution in [0.4, 0.5) is 5.69 Å². The first-order valence-electron chi connectivity index (χ1n) is 10.0. The highest BCUT2D eigenvalue weighted by Gasteiger charge is 2.35. The van der Waals surface area contributed by atoms with Crippen LogP contribution < -0.4 is 22.1 Å². The maximum Gasteiger partial charge on any atom is 0.253 e. The van der Waals surface area contributed by atoms with Gasteiger partial charge in [-0.2, -0.15) is 5.26 Å². The number of aliphatic imine (C=N–C) groups is 1. The van der Waals surface area contributed by atoms with E-state index in [1.807, 2.05) is 0 Å². The number of benzene rings is 1. The van der Waals surface area contributed by atoms with Crippen molar-refractivity contribution in [1.29, 1.82) is 5.26 Å². The summed E-state index contributed by atoms with van der Waals surface area (Å²) in [5, 5.41) is 16.2. The molecule has 2 amide bonds. The maximum atomic E-state index is 12.4. The largest absolute Gasteiger partial charge is 0.386 e. The number of hydrogen-bond donors (Lipinski definition) is 4. The summed E-state index contributed by atoms with van der Waals surface area (Å²) in [6, 6.07) is 8.72. The summed E-state index contributed by atoms with van der Waals surface area (Å²) in [5.74, 6) is -1.46. The highest BCUT2D eigenvalue weighted by molar-refractivity contribution is 6.30. The van der Waals surface area contributed by atoms with Gasteiger partial charge in [0.15, 0.2) is 0 Å². The van der Waals surface area contributed by atoms with Gasteiger partial charge in [-0.25, -0.2) is 4.99 Å². The minimum Gasteiger partial charge on any atom is -0.386 e. The third-order valence-electron chi connectivity index (χ3n) is 5.43. The van der Waals surface area contributed by atoms with Gasteiger partial charge in [-0.3, -0.25) is 9.59 Å². The topological polar surface area (TPSA) is 156 Å². The van der Waals surface area contributed by atoms with Gasteiger partial charge in [0.1, 0.15) is 5.84 Å². The van der Waals surface area contributed by atoms with Gasteiger partial charge in [-0.1, -0.05) is 11.6 Å². The molecule has 164 valence electrons. The smallest absolute Gasteiger partial charge is 0.253 e. The molecule has 1 aromatic rings. The van der Waals surface area contributed by atoms with Crippen LogP contribution in [0.5, 0.6) is 0 Å². The lowest BCUT2D eigenvalue weighted by atomic mass is 9.78. The molecule has 0 unspecified atom stereocenters. The van der Waals surface area contributed by atoms with Crippen molar-refractivity contribution in [2.45, 2.75) is 31.3 Å². The molecule has 3 rings (SSSR count). The number of amidine groups is 1. The van der Waals surface area contributed by atoms with Gasteiger partial charge in [0.25, 0.3) is 5.91 Å². The van der Waals surface area contributed by atoms with E-state index in [-0.39, 0.29) is 35.3 Å². The molecule has 2 aliphatic rings. The van der Waals surface area contributed by atoms with Crippen LogP contribution >= 0.6 is 11.6 Å². The van der Waals surface area contributed by atoms with Crippen molar-refractivity contribution >= 4 is 34.9 Å². The quantitative estimate of drug-likeness (QED) is 0.280. The predicted octanol–water partition coefficient (Wildman–Crippen LogP) is 1.11. The molecular formula is C21H25ClN6O3.